The molecule has 0 aliphatic carbocycles. The third-order valence-electron chi connectivity index (χ3n) is 3.56. The first kappa shape index (κ1) is 17.3. The fourth-order valence-electron chi connectivity index (χ4n) is 2.29. The molecule has 1 aromatic carbocycles. The van der Waals surface area contributed by atoms with Crippen LogP contribution in [-0.4, -0.2) is 30.3 Å². The number of aryl methyl sites for hydroxylation is 1. The second-order valence-corrected chi connectivity index (χ2v) is 5.40. The normalized spacial score (nSPS) is 10.3. The molecule has 0 aliphatic rings. The second kappa shape index (κ2) is 7.56. The van der Waals surface area contributed by atoms with E-state index >= 15 is 0 Å². The molecule has 2 N–H and O–H groups in total. The maximum atomic E-state index is 12.6. The number of nitrogens with one attached hydrogen (secondary N) is 2. The number of benzene rings is 1. The Bertz CT molecular complexity index is 923. The molecule has 3 aromatic rings. The zero-order valence-corrected chi connectivity index (χ0v) is 14.6. The van der Waals surface area contributed by atoms with Crippen LogP contribution in [0.1, 0.15) is 16.1 Å². The second-order valence-electron chi connectivity index (χ2n) is 5.40. The van der Waals surface area contributed by atoms with E-state index in [0.29, 0.717) is 40.1 Å². The molecule has 26 heavy (non-hydrogen) atoms. The van der Waals surface area contributed by atoms with Gasteiger partial charge in [-0.1, -0.05) is 5.16 Å². The van der Waals surface area contributed by atoms with E-state index in [1.807, 2.05) is 0 Å². The van der Waals surface area contributed by atoms with Crippen LogP contribution in [0.2, 0.25) is 0 Å². The first-order chi connectivity index (χ1) is 12.6. The molecule has 0 radical (unpaired) electrons. The lowest BCUT2D eigenvalue weighted by atomic mass is 10.2. The molecule has 0 spiro atoms. The van der Waals surface area contributed by atoms with Crippen molar-refractivity contribution < 1.29 is 18.8 Å². The predicted octanol–water partition coefficient (Wildman–Crippen LogP) is 3.39. The molecule has 0 saturated carbocycles. The molecule has 8 heteroatoms. The molecule has 0 atom stereocenters. The van der Waals surface area contributed by atoms with Crippen LogP contribution in [0.4, 0.5) is 17.3 Å². The zero-order chi connectivity index (χ0) is 18.5. The number of methoxy groups -OCH3 is 2. The third kappa shape index (κ3) is 3.92. The monoisotopic (exact) mass is 354 g/mol. The number of hydrogen-bond acceptors (Lipinski definition) is 7. The number of ether oxygens (including phenoxy) is 2. The van der Waals surface area contributed by atoms with E-state index in [2.05, 4.69) is 20.8 Å². The molecule has 0 unspecified atom stereocenters. The third-order valence-corrected chi connectivity index (χ3v) is 3.56. The highest BCUT2D eigenvalue weighted by Crippen LogP contribution is 2.29. The Kier molecular flexibility index (Phi) is 5.02. The number of hydrogen-bond donors (Lipinski definition) is 2. The molecule has 8 nitrogen and oxygen atoms in total. The average molecular weight is 354 g/mol. The summed E-state index contributed by atoms with van der Waals surface area (Å²) in [4.78, 5) is 16.7. The minimum Gasteiger partial charge on any atom is -0.497 e. The Balaban J connectivity index is 1.77. The molecular weight excluding hydrogens is 336 g/mol. The van der Waals surface area contributed by atoms with Crippen LogP contribution in [0.5, 0.6) is 11.5 Å². The molecule has 0 saturated heterocycles. The Labute approximate surface area is 150 Å². The highest BCUT2D eigenvalue weighted by Gasteiger charge is 2.12. The van der Waals surface area contributed by atoms with Crippen molar-refractivity contribution in [2.45, 2.75) is 6.92 Å². The average Bonchev–Trinajstić information content (AvgIpc) is 3.06. The largest absolute Gasteiger partial charge is 0.497 e. The van der Waals surface area contributed by atoms with Crippen molar-refractivity contribution in [1.29, 1.82) is 0 Å². The number of aromatic nitrogens is 2. The van der Waals surface area contributed by atoms with Gasteiger partial charge in [0.1, 0.15) is 23.1 Å². The number of anilines is 3. The first-order valence-corrected chi connectivity index (χ1v) is 7.79. The van der Waals surface area contributed by atoms with Gasteiger partial charge in [-0.25, -0.2) is 4.98 Å². The van der Waals surface area contributed by atoms with Crippen molar-refractivity contribution in [3.05, 3.63) is 53.9 Å². The van der Waals surface area contributed by atoms with Crippen molar-refractivity contribution in [3.63, 3.8) is 0 Å². The van der Waals surface area contributed by atoms with Crippen molar-refractivity contribution in [2.24, 2.45) is 0 Å². The van der Waals surface area contributed by atoms with E-state index < -0.39 is 0 Å². The summed E-state index contributed by atoms with van der Waals surface area (Å²) in [5, 5.41) is 9.64. The Hall–Kier alpha value is -3.55. The van der Waals surface area contributed by atoms with Gasteiger partial charge in [0, 0.05) is 23.9 Å². The van der Waals surface area contributed by atoms with Crippen LogP contribution >= 0.6 is 0 Å². The van der Waals surface area contributed by atoms with E-state index in [4.69, 9.17) is 14.0 Å². The molecular formula is C18H18N4O4. The van der Waals surface area contributed by atoms with Gasteiger partial charge in [0.05, 0.1) is 19.9 Å². The minimum atomic E-state index is -0.296. The van der Waals surface area contributed by atoms with Crippen LogP contribution in [-0.2, 0) is 0 Å². The van der Waals surface area contributed by atoms with Gasteiger partial charge in [-0.05, 0) is 31.2 Å². The predicted molar refractivity (Wildman–Crippen MR) is 96.3 cm³/mol. The van der Waals surface area contributed by atoms with Gasteiger partial charge in [0.15, 0.2) is 5.82 Å². The van der Waals surface area contributed by atoms with Gasteiger partial charge in [-0.15, -0.1) is 0 Å². The summed E-state index contributed by atoms with van der Waals surface area (Å²) >= 11 is 0. The molecule has 0 aliphatic heterocycles. The number of rotatable bonds is 6. The molecule has 2 heterocycles. The molecule has 2 aromatic heterocycles. The van der Waals surface area contributed by atoms with Crippen LogP contribution in [0.3, 0.4) is 0 Å². The topological polar surface area (TPSA) is 98.5 Å². The van der Waals surface area contributed by atoms with Crippen molar-refractivity contribution >= 4 is 23.2 Å². The SMILES string of the molecule is COc1ccc(NC(=O)c2ccnc(Nc3cc(C)on3)c2)c(OC)c1. The summed E-state index contributed by atoms with van der Waals surface area (Å²) in [5.74, 6) is 2.52. The van der Waals surface area contributed by atoms with Crippen LogP contribution < -0.4 is 20.1 Å². The number of pyridine rings is 1. The van der Waals surface area contributed by atoms with Crippen LogP contribution in [0, 0.1) is 6.92 Å². The van der Waals surface area contributed by atoms with Crippen LogP contribution in [0.25, 0.3) is 0 Å². The molecule has 3 rings (SSSR count). The lowest BCUT2D eigenvalue weighted by Crippen LogP contribution is -2.13. The van der Waals surface area contributed by atoms with Crippen LogP contribution in [0.15, 0.2) is 47.1 Å². The van der Waals surface area contributed by atoms with Gasteiger partial charge >= 0.3 is 0 Å². The highest BCUT2D eigenvalue weighted by atomic mass is 16.5. The molecule has 0 bridgehead atoms. The maximum Gasteiger partial charge on any atom is 0.255 e. The summed E-state index contributed by atoms with van der Waals surface area (Å²) < 4.78 is 15.4. The van der Waals surface area contributed by atoms with Gasteiger partial charge in [-0.2, -0.15) is 0 Å². The van der Waals surface area contributed by atoms with E-state index in [1.54, 1.807) is 50.4 Å². The summed E-state index contributed by atoms with van der Waals surface area (Å²) in [7, 11) is 3.09. The fourth-order valence-corrected chi connectivity index (χ4v) is 2.29. The van der Waals surface area contributed by atoms with Gasteiger partial charge in [-0.3, -0.25) is 4.79 Å². The summed E-state index contributed by atoms with van der Waals surface area (Å²) in [6.07, 6.45) is 1.54. The molecule has 0 fully saturated rings. The fraction of sp³-hybridized carbons (Fsp3) is 0.167. The number of carbonyl (C=O) groups excluding carboxylic acids is 1. The smallest absolute Gasteiger partial charge is 0.255 e. The molecule has 134 valence electrons. The lowest BCUT2D eigenvalue weighted by molar-refractivity contribution is 0.102. The maximum absolute atomic E-state index is 12.6. The zero-order valence-electron chi connectivity index (χ0n) is 14.6. The number of carbonyl (C=O) groups is 1. The molecule has 1 amide bonds. The Morgan fingerprint density at radius 2 is 1.92 bits per heavy atom. The standard InChI is InChI=1S/C18H18N4O4/c1-11-8-17(22-26-11)21-16-9-12(6-7-19-16)18(23)20-14-5-4-13(24-2)10-15(14)25-3/h4-10H,1-3H3,(H,20,23)(H,19,21,22). The van der Waals surface area contributed by atoms with Gasteiger partial charge in [0.25, 0.3) is 5.91 Å². The summed E-state index contributed by atoms with van der Waals surface area (Å²) in [6, 6.07) is 10.1. The quantitative estimate of drug-likeness (QED) is 0.700. The summed E-state index contributed by atoms with van der Waals surface area (Å²) in [6.45, 7) is 1.79. The van der Waals surface area contributed by atoms with E-state index in [1.165, 1.54) is 13.3 Å². The van der Waals surface area contributed by atoms with E-state index in [0.717, 1.165) is 0 Å². The Morgan fingerprint density at radius 3 is 2.62 bits per heavy atom. The Morgan fingerprint density at radius 1 is 1.08 bits per heavy atom. The van der Waals surface area contributed by atoms with E-state index in [-0.39, 0.29) is 5.91 Å². The first-order valence-electron chi connectivity index (χ1n) is 7.79. The van der Waals surface area contributed by atoms with Crippen molar-refractivity contribution in [1.82, 2.24) is 10.1 Å². The number of nitrogens with zero attached hydrogens (tertiary/aromatic N) is 2. The minimum absolute atomic E-state index is 0.296. The number of amides is 1. The van der Waals surface area contributed by atoms with E-state index in [9.17, 15) is 4.79 Å². The van der Waals surface area contributed by atoms with Gasteiger partial charge < -0.3 is 24.6 Å². The lowest BCUT2D eigenvalue weighted by Gasteiger charge is -2.12. The van der Waals surface area contributed by atoms with Crippen molar-refractivity contribution in [2.75, 3.05) is 24.9 Å². The highest BCUT2D eigenvalue weighted by molar-refractivity contribution is 6.05. The van der Waals surface area contributed by atoms with Gasteiger partial charge in [0.2, 0.25) is 0 Å². The summed E-state index contributed by atoms with van der Waals surface area (Å²) in [5.41, 5.74) is 0.970. The van der Waals surface area contributed by atoms with Crippen molar-refractivity contribution in [3.8, 4) is 11.5 Å².